The highest BCUT2D eigenvalue weighted by atomic mass is 35.5. The molecule has 2 aromatic carbocycles. The van der Waals surface area contributed by atoms with Crippen LogP contribution in [0.5, 0.6) is 17.2 Å². The Balaban J connectivity index is 1.64. The number of rotatable bonds is 4. The molecule has 2 aromatic rings. The molecule has 1 atom stereocenters. The number of piperidine rings is 1. The highest BCUT2D eigenvalue weighted by molar-refractivity contribution is 6.30. The third kappa shape index (κ3) is 4.17. The number of amides is 1. The lowest BCUT2D eigenvalue weighted by atomic mass is 9.98. The molecule has 0 spiro atoms. The lowest BCUT2D eigenvalue weighted by molar-refractivity contribution is 0.0627. The summed E-state index contributed by atoms with van der Waals surface area (Å²) in [5.41, 5.74) is -0.0427. The number of ether oxygens (including phenoxy) is 1. The fourth-order valence-corrected chi connectivity index (χ4v) is 3.24. The summed E-state index contributed by atoms with van der Waals surface area (Å²) in [6, 6.07) is 11.5. The molecular formula is C19H20ClNO4. The molecular weight excluding hydrogens is 342 g/mol. The van der Waals surface area contributed by atoms with Gasteiger partial charge in [-0.1, -0.05) is 23.7 Å². The van der Waals surface area contributed by atoms with Crippen molar-refractivity contribution in [2.45, 2.75) is 12.8 Å². The molecule has 0 radical (unpaired) electrons. The normalized spacial score (nSPS) is 17.3. The van der Waals surface area contributed by atoms with E-state index in [0.29, 0.717) is 30.5 Å². The SMILES string of the molecule is O=C(c1c(O)cccc1O)N1CCCC(COc2cccc(Cl)c2)C1. The zero-order valence-electron chi connectivity index (χ0n) is 13.7. The van der Waals surface area contributed by atoms with E-state index in [4.69, 9.17) is 16.3 Å². The van der Waals surface area contributed by atoms with E-state index in [1.165, 1.54) is 18.2 Å². The first kappa shape index (κ1) is 17.4. The Labute approximate surface area is 151 Å². The second-order valence-electron chi connectivity index (χ2n) is 6.20. The van der Waals surface area contributed by atoms with Gasteiger partial charge in [-0.25, -0.2) is 0 Å². The maximum Gasteiger partial charge on any atom is 0.261 e. The molecule has 1 saturated heterocycles. The first-order valence-electron chi connectivity index (χ1n) is 8.23. The minimum Gasteiger partial charge on any atom is -0.507 e. The van der Waals surface area contributed by atoms with Crippen molar-refractivity contribution in [1.82, 2.24) is 4.90 Å². The summed E-state index contributed by atoms with van der Waals surface area (Å²) >= 11 is 5.95. The summed E-state index contributed by atoms with van der Waals surface area (Å²) in [7, 11) is 0. The van der Waals surface area contributed by atoms with Gasteiger partial charge in [0.05, 0.1) is 6.61 Å². The summed E-state index contributed by atoms with van der Waals surface area (Å²) in [4.78, 5) is 14.3. The van der Waals surface area contributed by atoms with Crippen molar-refractivity contribution in [3.8, 4) is 17.2 Å². The van der Waals surface area contributed by atoms with Gasteiger partial charge >= 0.3 is 0 Å². The Morgan fingerprint density at radius 1 is 1.20 bits per heavy atom. The average molecular weight is 362 g/mol. The van der Waals surface area contributed by atoms with Crippen molar-refractivity contribution in [1.29, 1.82) is 0 Å². The number of likely N-dealkylation sites (tertiary alicyclic amines) is 1. The number of halogens is 1. The first-order valence-corrected chi connectivity index (χ1v) is 8.61. The Hall–Kier alpha value is -2.40. The molecule has 0 bridgehead atoms. The highest BCUT2D eigenvalue weighted by Gasteiger charge is 2.28. The lowest BCUT2D eigenvalue weighted by Gasteiger charge is -2.33. The number of hydrogen-bond acceptors (Lipinski definition) is 4. The molecule has 3 rings (SSSR count). The van der Waals surface area contributed by atoms with Crippen LogP contribution in [0.2, 0.25) is 5.02 Å². The van der Waals surface area contributed by atoms with Crippen molar-refractivity contribution >= 4 is 17.5 Å². The molecule has 0 saturated carbocycles. The van der Waals surface area contributed by atoms with Gasteiger partial charge in [-0.3, -0.25) is 4.79 Å². The summed E-state index contributed by atoms with van der Waals surface area (Å²) in [5, 5.41) is 20.4. The molecule has 5 nitrogen and oxygen atoms in total. The van der Waals surface area contributed by atoms with Gasteiger partial charge in [0.25, 0.3) is 5.91 Å². The Kier molecular flexibility index (Phi) is 5.34. The number of nitrogens with zero attached hydrogens (tertiary/aromatic N) is 1. The predicted octanol–water partition coefficient (Wildman–Crippen LogP) is 3.68. The van der Waals surface area contributed by atoms with Gasteiger partial charge in [-0.05, 0) is 43.2 Å². The Bertz CT molecular complexity index is 745. The molecule has 1 aliphatic heterocycles. The van der Waals surface area contributed by atoms with Gasteiger partial charge < -0.3 is 19.8 Å². The standard InChI is InChI=1S/C19H20ClNO4/c20-14-5-1-6-15(10-14)25-12-13-4-3-9-21(11-13)19(24)18-16(22)7-2-8-17(18)23/h1-2,5-8,10,13,22-23H,3-4,9,11-12H2. The van der Waals surface area contributed by atoms with Gasteiger partial charge in [0, 0.05) is 24.0 Å². The van der Waals surface area contributed by atoms with Crippen LogP contribution in [0.15, 0.2) is 42.5 Å². The molecule has 6 heteroatoms. The molecule has 132 valence electrons. The second kappa shape index (κ2) is 7.66. The number of aromatic hydroxyl groups is 2. The number of hydrogen-bond donors (Lipinski definition) is 2. The largest absolute Gasteiger partial charge is 0.507 e. The van der Waals surface area contributed by atoms with Crippen molar-refractivity contribution < 1.29 is 19.7 Å². The van der Waals surface area contributed by atoms with Crippen molar-refractivity contribution in [2.75, 3.05) is 19.7 Å². The predicted molar refractivity (Wildman–Crippen MR) is 95.3 cm³/mol. The van der Waals surface area contributed by atoms with E-state index in [0.717, 1.165) is 12.8 Å². The topological polar surface area (TPSA) is 70.0 Å². The maximum absolute atomic E-state index is 12.7. The van der Waals surface area contributed by atoms with Crippen LogP contribution in [0, 0.1) is 5.92 Å². The van der Waals surface area contributed by atoms with Crippen molar-refractivity contribution in [3.63, 3.8) is 0 Å². The minimum absolute atomic E-state index is 0.0427. The summed E-state index contributed by atoms with van der Waals surface area (Å²) in [6.07, 6.45) is 1.81. The quantitative estimate of drug-likeness (QED) is 0.871. The fraction of sp³-hybridized carbons (Fsp3) is 0.316. The Morgan fingerprint density at radius 2 is 1.92 bits per heavy atom. The molecule has 1 amide bonds. The number of carbonyl (C=O) groups is 1. The van der Waals surface area contributed by atoms with E-state index in [1.54, 1.807) is 17.0 Å². The molecule has 2 N–H and O–H groups in total. The number of phenolic OH excluding ortho intramolecular Hbond substituents is 2. The van der Waals surface area contributed by atoms with E-state index in [2.05, 4.69) is 0 Å². The van der Waals surface area contributed by atoms with Gasteiger partial charge in [-0.2, -0.15) is 0 Å². The number of benzene rings is 2. The van der Waals surface area contributed by atoms with Gasteiger partial charge in [0.1, 0.15) is 22.8 Å². The van der Waals surface area contributed by atoms with E-state index in [-0.39, 0.29) is 28.9 Å². The van der Waals surface area contributed by atoms with Gasteiger partial charge in [0.2, 0.25) is 0 Å². The van der Waals surface area contributed by atoms with Crippen LogP contribution in [0.25, 0.3) is 0 Å². The summed E-state index contributed by atoms with van der Waals surface area (Å²) < 4.78 is 5.79. The van der Waals surface area contributed by atoms with Crippen LogP contribution in [-0.4, -0.2) is 40.7 Å². The molecule has 1 unspecified atom stereocenters. The Morgan fingerprint density at radius 3 is 2.64 bits per heavy atom. The maximum atomic E-state index is 12.7. The molecule has 0 aromatic heterocycles. The smallest absolute Gasteiger partial charge is 0.261 e. The molecule has 0 aliphatic carbocycles. The monoisotopic (exact) mass is 361 g/mol. The van der Waals surface area contributed by atoms with E-state index in [1.807, 2.05) is 12.1 Å². The molecule has 1 aliphatic rings. The van der Waals surface area contributed by atoms with Crippen LogP contribution in [0.4, 0.5) is 0 Å². The highest BCUT2D eigenvalue weighted by Crippen LogP contribution is 2.29. The van der Waals surface area contributed by atoms with Crippen molar-refractivity contribution in [3.05, 3.63) is 53.1 Å². The van der Waals surface area contributed by atoms with Crippen LogP contribution < -0.4 is 4.74 Å². The van der Waals surface area contributed by atoms with Crippen LogP contribution >= 0.6 is 11.6 Å². The first-order chi connectivity index (χ1) is 12.0. The van der Waals surface area contributed by atoms with Crippen LogP contribution in [0.1, 0.15) is 23.2 Å². The third-order valence-electron chi connectivity index (χ3n) is 4.32. The summed E-state index contributed by atoms with van der Waals surface area (Å²) in [5.74, 6) is 0.117. The molecule has 25 heavy (non-hydrogen) atoms. The van der Waals surface area contributed by atoms with Crippen LogP contribution in [0.3, 0.4) is 0 Å². The zero-order valence-corrected chi connectivity index (χ0v) is 14.4. The molecule has 1 fully saturated rings. The minimum atomic E-state index is -0.358. The average Bonchev–Trinajstić information content (AvgIpc) is 2.60. The van der Waals surface area contributed by atoms with E-state index >= 15 is 0 Å². The van der Waals surface area contributed by atoms with Crippen LogP contribution in [-0.2, 0) is 0 Å². The number of phenols is 2. The number of carbonyl (C=O) groups excluding carboxylic acids is 1. The lowest BCUT2D eigenvalue weighted by Crippen LogP contribution is -2.41. The van der Waals surface area contributed by atoms with Gasteiger partial charge in [0.15, 0.2) is 0 Å². The zero-order chi connectivity index (χ0) is 17.8. The van der Waals surface area contributed by atoms with Crippen molar-refractivity contribution in [2.24, 2.45) is 5.92 Å². The third-order valence-corrected chi connectivity index (χ3v) is 4.56. The molecule has 1 heterocycles. The second-order valence-corrected chi connectivity index (χ2v) is 6.64. The van der Waals surface area contributed by atoms with Gasteiger partial charge in [-0.15, -0.1) is 0 Å². The van der Waals surface area contributed by atoms with E-state index < -0.39 is 0 Å². The summed E-state index contributed by atoms with van der Waals surface area (Å²) in [6.45, 7) is 1.60. The fourth-order valence-electron chi connectivity index (χ4n) is 3.06. The van der Waals surface area contributed by atoms with E-state index in [9.17, 15) is 15.0 Å².